The smallest absolute Gasteiger partial charge is 0.340 e. The van der Waals surface area contributed by atoms with Gasteiger partial charge in [-0.25, -0.2) is 4.79 Å². The molecule has 1 aliphatic carbocycles. The predicted octanol–water partition coefficient (Wildman–Crippen LogP) is 3.36. The molecule has 1 aromatic rings. The first kappa shape index (κ1) is 14.7. The van der Waals surface area contributed by atoms with E-state index in [1.54, 1.807) is 6.07 Å². The van der Waals surface area contributed by atoms with Gasteiger partial charge in [-0.05, 0) is 49.3 Å². The molecule has 1 fully saturated rings. The van der Waals surface area contributed by atoms with Crippen LogP contribution in [0.1, 0.15) is 48.5 Å². The Hall–Kier alpha value is -1.71. The molecule has 0 radical (unpaired) electrons. The Morgan fingerprint density at radius 3 is 2.65 bits per heavy atom. The van der Waals surface area contributed by atoms with Gasteiger partial charge in [0.05, 0.1) is 12.7 Å². The number of carbonyl (C=O) groups excluding carboxylic acids is 1. The molecular formula is C16H24N2O2. The lowest BCUT2D eigenvalue weighted by atomic mass is 9.67. The zero-order chi connectivity index (χ0) is 14.8. The normalized spacial score (nSPS) is 16.4. The van der Waals surface area contributed by atoms with E-state index in [9.17, 15) is 4.79 Å². The number of methoxy groups -OCH3 is 1. The lowest BCUT2D eigenvalue weighted by Crippen LogP contribution is -2.35. The van der Waals surface area contributed by atoms with E-state index >= 15 is 0 Å². The van der Waals surface area contributed by atoms with Gasteiger partial charge in [0, 0.05) is 17.9 Å². The Labute approximate surface area is 120 Å². The molecule has 4 heteroatoms. The highest BCUT2D eigenvalue weighted by atomic mass is 16.5. The standard InChI is InChI=1S/C16H24N2O2/c1-4-16(6-5-7-16)10-18-12-8-11(2)14(17)13(9-12)15(19)20-3/h8-9,18H,4-7,10,17H2,1-3H3. The van der Waals surface area contributed by atoms with Crippen molar-refractivity contribution in [2.45, 2.75) is 39.5 Å². The molecule has 1 aliphatic rings. The molecule has 0 aliphatic heterocycles. The van der Waals surface area contributed by atoms with E-state index in [2.05, 4.69) is 12.2 Å². The van der Waals surface area contributed by atoms with Gasteiger partial charge in [0.2, 0.25) is 0 Å². The number of rotatable bonds is 5. The summed E-state index contributed by atoms with van der Waals surface area (Å²) in [4.78, 5) is 11.7. The lowest BCUT2D eigenvalue weighted by molar-refractivity contribution is 0.0602. The molecule has 20 heavy (non-hydrogen) atoms. The summed E-state index contributed by atoms with van der Waals surface area (Å²) in [5, 5.41) is 3.46. The van der Waals surface area contributed by atoms with Crippen LogP contribution in [0.4, 0.5) is 11.4 Å². The third kappa shape index (κ3) is 2.74. The minimum atomic E-state index is -0.386. The second kappa shape index (κ2) is 5.73. The van der Waals surface area contributed by atoms with E-state index in [1.807, 2.05) is 13.0 Å². The summed E-state index contributed by atoms with van der Waals surface area (Å²) >= 11 is 0. The van der Waals surface area contributed by atoms with E-state index in [-0.39, 0.29) is 5.97 Å². The van der Waals surface area contributed by atoms with Crippen molar-refractivity contribution in [3.63, 3.8) is 0 Å². The molecule has 4 nitrogen and oxygen atoms in total. The zero-order valence-electron chi connectivity index (χ0n) is 12.6. The van der Waals surface area contributed by atoms with Crippen LogP contribution in [0.3, 0.4) is 0 Å². The average Bonchev–Trinajstić information content (AvgIpc) is 2.40. The van der Waals surface area contributed by atoms with E-state index < -0.39 is 0 Å². The topological polar surface area (TPSA) is 64.3 Å². The highest BCUT2D eigenvalue weighted by Crippen LogP contribution is 2.43. The van der Waals surface area contributed by atoms with Crippen LogP contribution in [-0.2, 0) is 4.74 Å². The molecule has 3 N–H and O–H groups in total. The molecule has 1 saturated carbocycles. The van der Waals surface area contributed by atoms with Crippen molar-refractivity contribution in [2.75, 3.05) is 24.7 Å². The van der Waals surface area contributed by atoms with Gasteiger partial charge < -0.3 is 15.8 Å². The first-order valence-corrected chi connectivity index (χ1v) is 7.23. The fourth-order valence-corrected chi connectivity index (χ4v) is 2.80. The van der Waals surface area contributed by atoms with Crippen molar-refractivity contribution in [1.29, 1.82) is 0 Å². The highest BCUT2D eigenvalue weighted by Gasteiger charge is 2.34. The molecule has 0 spiro atoms. The number of aryl methyl sites for hydroxylation is 1. The van der Waals surface area contributed by atoms with Gasteiger partial charge in [-0.3, -0.25) is 0 Å². The molecule has 2 rings (SSSR count). The zero-order valence-corrected chi connectivity index (χ0v) is 12.6. The number of hydrogen-bond acceptors (Lipinski definition) is 4. The molecule has 0 atom stereocenters. The maximum Gasteiger partial charge on any atom is 0.340 e. The minimum Gasteiger partial charge on any atom is -0.465 e. The molecule has 0 bridgehead atoms. The summed E-state index contributed by atoms with van der Waals surface area (Å²) in [6.07, 6.45) is 5.09. The number of hydrogen-bond donors (Lipinski definition) is 2. The van der Waals surface area contributed by atoms with Gasteiger partial charge in [-0.15, -0.1) is 0 Å². The molecule has 110 valence electrons. The molecule has 1 aromatic carbocycles. The van der Waals surface area contributed by atoms with Gasteiger partial charge in [-0.1, -0.05) is 13.3 Å². The van der Waals surface area contributed by atoms with E-state index in [0.29, 0.717) is 16.7 Å². The van der Waals surface area contributed by atoms with Crippen LogP contribution >= 0.6 is 0 Å². The first-order chi connectivity index (χ1) is 9.51. The monoisotopic (exact) mass is 276 g/mol. The number of esters is 1. The number of benzene rings is 1. The van der Waals surface area contributed by atoms with Gasteiger partial charge in [0.25, 0.3) is 0 Å². The van der Waals surface area contributed by atoms with Crippen molar-refractivity contribution in [3.05, 3.63) is 23.3 Å². The summed E-state index contributed by atoms with van der Waals surface area (Å²) in [7, 11) is 1.37. The number of ether oxygens (including phenoxy) is 1. The Morgan fingerprint density at radius 1 is 1.45 bits per heavy atom. The van der Waals surface area contributed by atoms with Crippen LogP contribution < -0.4 is 11.1 Å². The maximum absolute atomic E-state index is 11.7. The maximum atomic E-state index is 11.7. The van der Waals surface area contributed by atoms with Crippen molar-refractivity contribution in [1.82, 2.24) is 0 Å². The SMILES string of the molecule is CCC1(CNc2cc(C)c(N)c(C(=O)OC)c2)CCC1. The first-order valence-electron chi connectivity index (χ1n) is 7.23. The van der Waals surface area contributed by atoms with E-state index in [1.165, 1.54) is 32.8 Å². The molecule has 0 unspecified atom stereocenters. The minimum absolute atomic E-state index is 0.386. The van der Waals surface area contributed by atoms with Gasteiger partial charge in [-0.2, -0.15) is 0 Å². The number of anilines is 2. The van der Waals surface area contributed by atoms with Crippen LogP contribution in [0.5, 0.6) is 0 Å². The number of nitrogen functional groups attached to an aromatic ring is 1. The van der Waals surface area contributed by atoms with Crippen molar-refractivity contribution < 1.29 is 9.53 Å². The van der Waals surface area contributed by atoms with Crippen LogP contribution in [0.25, 0.3) is 0 Å². The third-order valence-electron chi connectivity index (χ3n) is 4.62. The molecule has 0 aromatic heterocycles. The molecule has 0 heterocycles. The van der Waals surface area contributed by atoms with Crippen LogP contribution in [-0.4, -0.2) is 19.6 Å². The Bertz CT molecular complexity index is 502. The van der Waals surface area contributed by atoms with Gasteiger partial charge in [0.15, 0.2) is 0 Å². The second-order valence-corrected chi connectivity index (χ2v) is 5.81. The van der Waals surface area contributed by atoms with E-state index in [4.69, 9.17) is 10.5 Å². The van der Waals surface area contributed by atoms with Gasteiger partial charge >= 0.3 is 5.97 Å². The quantitative estimate of drug-likeness (QED) is 0.639. The summed E-state index contributed by atoms with van der Waals surface area (Å²) in [6, 6.07) is 3.78. The lowest BCUT2D eigenvalue weighted by Gasteiger charge is -2.41. The third-order valence-corrected chi connectivity index (χ3v) is 4.62. The summed E-state index contributed by atoms with van der Waals surface area (Å²) < 4.78 is 4.78. The van der Waals surface area contributed by atoms with Crippen LogP contribution in [0.15, 0.2) is 12.1 Å². The highest BCUT2D eigenvalue weighted by molar-refractivity contribution is 5.97. The van der Waals surface area contributed by atoms with Crippen molar-refractivity contribution >= 4 is 17.3 Å². The van der Waals surface area contributed by atoms with Crippen LogP contribution in [0, 0.1) is 12.3 Å². The van der Waals surface area contributed by atoms with Crippen molar-refractivity contribution in [2.24, 2.45) is 5.41 Å². The number of nitrogens with one attached hydrogen (secondary N) is 1. The molecule has 0 saturated heterocycles. The molecular weight excluding hydrogens is 252 g/mol. The average molecular weight is 276 g/mol. The molecule has 0 amide bonds. The fraction of sp³-hybridized carbons (Fsp3) is 0.562. The Balaban J connectivity index is 2.16. The van der Waals surface area contributed by atoms with Crippen molar-refractivity contribution in [3.8, 4) is 0 Å². The van der Waals surface area contributed by atoms with Crippen LogP contribution in [0.2, 0.25) is 0 Å². The summed E-state index contributed by atoms with van der Waals surface area (Å²) in [5.74, 6) is -0.386. The number of nitrogens with two attached hydrogens (primary N) is 1. The predicted molar refractivity (Wildman–Crippen MR) is 82.0 cm³/mol. The summed E-state index contributed by atoms with van der Waals surface area (Å²) in [5.41, 5.74) is 9.15. The Kier molecular flexibility index (Phi) is 4.21. The van der Waals surface area contributed by atoms with E-state index in [0.717, 1.165) is 17.8 Å². The number of carbonyl (C=O) groups is 1. The Morgan fingerprint density at radius 2 is 2.15 bits per heavy atom. The fourth-order valence-electron chi connectivity index (χ4n) is 2.80. The second-order valence-electron chi connectivity index (χ2n) is 5.81. The van der Waals surface area contributed by atoms with Gasteiger partial charge in [0.1, 0.15) is 0 Å². The largest absolute Gasteiger partial charge is 0.465 e. The summed E-state index contributed by atoms with van der Waals surface area (Å²) in [6.45, 7) is 5.11.